The molecule has 51 heavy (non-hydrogen) atoms. The van der Waals surface area contributed by atoms with Gasteiger partial charge in [0.05, 0.1) is 25.4 Å². The number of aliphatic hydroxyl groups is 5. The summed E-state index contributed by atoms with van der Waals surface area (Å²) in [5.74, 6) is -0.707. The molecule has 1 fully saturated rings. The fraction of sp³-hybridized carbons (Fsp3) is 0.919. The van der Waals surface area contributed by atoms with Crippen molar-refractivity contribution in [2.75, 3.05) is 13.2 Å². The molecule has 0 saturated carbocycles. The number of unbranched alkanes of at least 4 members (excludes halogenated alkanes) is 19. The summed E-state index contributed by atoms with van der Waals surface area (Å²) in [4.78, 5) is 12.9. The number of aliphatic hydroxyl groups excluding tert-OH is 5. The smallest absolute Gasteiger partial charge is 0.394 e. The zero-order chi connectivity index (χ0) is 37.9. The maximum Gasteiger partial charge on any atom is 0.397 e. The third kappa shape index (κ3) is 22.6. The highest BCUT2D eigenvalue weighted by molar-refractivity contribution is 7.80. The van der Waals surface area contributed by atoms with Gasteiger partial charge in [-0.25, -0.2) is 4.18 Å². The van der Waals surface area contributed by atoms with Gasteiger partial charge in [0.25, 0.3) is 0 Å². The van der Waals surface area contributed by atoms with Gasteiger partial charge in [-0.05, 0) is 19.3 Å². The fourth-order valence-corrected chi connectivity index (χ4v) is 6.73. The number of carbonyl (C=O) groups excluding carboxylic acids is 1. The van der Waals surface area contributed by atoms with Gasteiger partial charge in [-0.2, -0.15) is 8.42 Å². The van der Waals surface area contributed by atoms with E-state index < -0.39 is 78.5 Å². The summed E-state index contributed by atoms with van der Waals surface area (Å²) in [5, 5.41) is 54.6. The lowest BCUT2D eigenvalue weighted by Gasteiger charge is -2.41. The molecule has 1 amide bonds. The summed E-state index contributed by atoms with van der Waals surface area (Å²) in [6, 6.07) is -1.11. The Balaban J connectivity index is 2.55. The van der Waals surface area contributed by atoms with Crippen LogP contribution in [0.4, 0.5) is 0 Å². The lowest BCUT2D eigenvalue weighted by molar-refractivity contribution is -0.298. The molecule has 0 radical (unpaired) electrons. The highest BCUT2D eigenvalue weighted by atomic mass is 32.3. The number of ether oxygens (including phenoxy) is 2. The van der Waals surface area contributed by atoms with Crippen molar-refractivity contribution >= 4 is 16.3 Å². The molecule has 0 bridgehead atoms. The Labute approximate surface area is 307 Å². The first-order valence-electron chi connectivity index (χ1n) is 19.7. The minimum atomic E-state index is -5.10. The zero-order valence-corrected chi connectivity index (χ0v) is 32.1. The van der Waals surface area contributed by atoms with Gasteiger partial charge < -0.3 is 40.3 Å². The average molecular weight is 754 g/mol. The molecular formula is C37H71NO12S. The Hall–Kier alpha value is -1.20. The first kappa shape index (κ1) is 47.8. The zero-order valence-electron chi connectivity index (χ0n) is 31.3. The van der Waals surface area contributed by atoms with Crippen LogP contribution in [0.25, 0.3) is 0 Å². The molecule has 1 saturated heterocycles. The third-order valence-electron chi connectivity index (χ3n) is 9.43. The predicted octanol–water partition coefficient (Wildman–Crippen LogP) is 5.01. The van der Waals surface area contributed by atoms with Crippen molar-refractivity contribution in [3.05, 3.63) is 12.2 Å². The molecule has 0 aromatic rings. The molecule has 8 unspecified atom stereocenters. The van der Waals surface area contributed by atoms with Crippen LogP contribution in [-0.4, -0.2) is 107 Å². The van der Waals surface area contributed by atoms with Crippen molar-refractivity contribution in [3.63, 3.8) is 0 Å². The summed E-state index contributed by atoms with van der Waals surface area (Å²) >= 11 is 0. The van der Waals surface area contributed by atoms with Crippen molar-refractivity contribution in [1.29, 1.82) is 0 Å². The Morgan fingerprint density at radius 2 is 1.27 bits per heavy atom. The minimum absolute atomic E-state index is 0.246. The summed E-state index contributed by atoms with van der Waals surface area (Å²) in [6.45, 7) is 3.09. The molecule has 14 heteroatoms. The number of rotatable bonds is 32. The largest absolute Gasteiger partial charge is 0.397 e. The Morgan fingerprint density at radius 1 is 0.784 bits per heavy atom. The molecule has 0 aromatic heterocycles. The number of hydrogen-bond donors (Lipinski definition) is 7. The van der Waals surface area contributed by atoms with E-state index in [1.165, 1.54) is 83.1 Å². The van der Waals surface area contributed by atoms with Crippen LogP contribution in [0.5, 0.6) is 0 Å². The van der Waals surface area contributed by atoms with Gasteiger partial charge in [0.15, 0.2) is 6.29 Å². The first-order chi connectivity index (χ1) is 24.4. The van der Waals surface area contributed by atoms with Crippen LogP contribution < -0.4 is 5.32 Å². The van der Waals surface area contributed by atoms with Crippen LogP contribution in [0.15, 0.2) is 12.2 Å². The molecule has 1 heterocycles. The van der Waals surface area contributed by atoms with Gasteiger partial charge in [-0.15, -0.1) is 0 Å². The van der Waals surface area contributed by atoms with Gasteiger partial charge in [-0.1, -0.05) is 148 Å². The van der Waals surface area contributed by atoms with E-state index in [4.69, 9.17) is 14.0 Å². The monoisotopic (exact) mass is 753 g/mol. The summed E-state index contributed by atoms with van der Waals surface area (Å²) < 4.78 is 47.1. The van der Waals surface area contributed by atoms with E-state index in [1.807, 2.05) is 0 Å². The van der Waals surface area contributed by atoms with E-state index in [0.717, 1.165) is 44.9 Å². The number of nitrogens with one attached hydrogen (secondary N) is 1. The number of allylic oxidation sites excluding steroid dienone is 1. The molecular weight excluding hydrogens is 682 g/mol. The van der Waals surface area contributed by atoms with Gasteiger partial charge in [-0.3, -0.25) is 9.35 Å². The van der Waals surface area contributed by atoms with Crippen LogP contribution >= 0.6 is 0 Å². The van der Waals surface area contributed by atoms with Crippen molar-refractivity contribution in [2.24, 2.45) is 0 Å². The maximum atomic E-state index is 12.9. The number of amides is 1. The van der Waals surface area contributed by atoms with Gasteiger partial charge in [0, 0.05) is 0 Å². The number of hydrogen-bond acceptors (Lipinski definition) is 11. The maximum absolute atomic E-state index is 12.9. The quantitative estimate of drug-likeness (QED) is 0.0274. The minimum Gasteiger partial charge on any atom is -0.394 e. The standard InChI is InChI=1S/C37H71NO12S/c1-3-5-7-9-11-12-13-14-15-16-17-18-19-20-22-24-26-31(41)36(44)38-29(30(40)25-23-21-10-8-6-4-2)28-48-37-34(43)35(50-51(45,46)47)33(42)32(27-39)49-37/h23,25,29-35,37,39-43H,3-22,24,26-28H2,1-2H3,(H,38,44)(H,45,46,47)/b25-23+. The lowest BCUT2D eigenvalue weighted by Crippen LogP contribution is -2.61. The normalized spacial score (nSPS) is 23.0. The van der Waals surface area contributed by atoms with Crippen LogP contribution in [-0.2, 0) is 28.9 Å². The van der Waals surface area contributed by atoms with Crippen LogP contribution in [0.2, 0.25) is 0 Å². The second kappa shape index (κ2) is 29.2. The van der Waals surface area contributed by atoms with E-state index in [2.05, 4.69) is 23.3 Å². The number of carbonyl (C=O) groups is 1. The Morgan fingerprint density at radius 3 is 1.76 bits per heavy atom. The van der Waals surface area contributed by atoms with Crippen LogP contribution in [0.3, 0.4) is 0 Å². The second-order valence-corrected chi connectivity index (χ2v) is 15.1. The van der Waals surface area contributed by atoms with Gasteiger partial charge in [0.2, 0.25) is 5.91 Å². The van der Waals surface area contributed by atoms with Crippen LogP contribution in [0, 0.1) is 0 Å². The Bertz CT molecular complexity index is 1000. The molecule has 13 nitrogen and oxygen atoms in total. The topological polar surface area (TPSA) is 212 Å². The summed E-state index contributed by atoms with van der Waals surface area (Å²) in [7, 11) is -5.10. The van der Waals surface area contributed by atoms with E-state index >= 15 is 0 Å². The highest BCUT2D eigenvalue weighted by Crippen LogP contribution is 2.26. The van der Waals surface area contributed by atoms with Crippen molar-refractivity contribution in [2.45, 2.75) is 204 Å². The summed E-state index contributed by atoms with van der Waals surface area (Å²) in [6.07, 6.45) is 16.5. The molecule has 0 aromatic carbocycles. The molecule has 1 aliphatic rings. The molecule has 1 aliphatic heterocycles. The van der Waals surface area contributed by atoms with Crippen LogP contribution in [0.1, 0.15) is 155 Å². The van der Waals surface area contributed by atoms with E-state index in [9.17, 15) is 38.7 Å². The van der Waals surface area contributed by atoms with Gasteiger partial charge >= 0.3 is 10.4 Å². The fourth-order valence-electron chi connectivity index (χ4n) is 6.22. The highest BCUT2D eigenvalue weighted by Gasteiger charge is 2.48. The van der Waals surface area contributed by atoms with Gasteiger partial charge in [0.1, 0.15) is 30.5 Å². The Kier molecular flexibility index (Phi) is 27.4. The van der Waals surface area contributed by atoms with Crippen molar-refractivity contribution < 1.29 is 57.0 Å². The predicted molar refractivity (Wildman–Crippen MR) is 196 cm³/mol. The SMILES string of the molecule is CCCCCC/C=C/C(O)C(COC1OC(CO)C(O)C(OS(=O)(=O)O)C1O)NC(=O)C(O)CCCCCCCCCCCCCCCCCC. The summed E-state index contributed by atoms with van der Waals surface area (Å²) in [5.41, 5.74) is 0. The molecule has 8 atom stereocenters. The molecule has 7 N–H and O–H groups in total. The van der Waals surface area contributed by atoms with Crippen molar-refractivity contribution in [3.8, 4) is 0 Å². The molecule has 302 valence electrons. The molecule has 1 rings (SSSR count). The third-order valence-corrected chi connectivity index (χ3v) is 9.89. The van der Waals surface area contributed by atoms with E-state index in [-0.39, 0.29) is 6.42 Å². The lowest BCUT2D eigenvalue weighted by atomic mass is 9.99. The van der Waals surface area contributed by atoms with E-state index in [0.29, 0.717) is 12.8 Å². The average Bonchev–Trinajstić information content (AvgIpc) is 3.09. The molecule has 0 aliphatic carbocycles. The first-order valence-corrected chi connectivity index (χ1v) is 21.0. The second-order valence-electron chi connectivity index (χ2n) is 14.0. The van der Waals surface area contributed by atoms with Crippen molar-refractivity contribution in [1.82, 2.24) is 5.32 Å². The molecule has 0 spiro atoms. The van der Waals surface area contributed by atoms with E-state index in [1.54, 1.807) is 6.08 Å².